The number of nitrogens with zero attached hydrogens (tertiary/aromatic N) is 1. The molecule has 2 amide bonds. The van der Waals surface area contributed by atoms with Crippen LogP contribution in [0, 0.1) is 6.92 Å². The van der Waals surface area contributed by atoms with Gasteiger partial charge in [0.25, 0.3) is 0 Å². The number of carbonyl (C=O) groups excluding carboxylic acids is 2. The molecule has 1 aliphatic heterocycles. The number of carbonyl (C=O) groups is 2. The molecule has 1 aromatic rings. The van der Waals surface area contributed by atoms with Crippen molar-refractivity contribution >= 4 is 17.7 Å². The van der Waals surface area contributed by atoms with Crippen LogP contribution in [0.15, 0.2) is 24.3 Å². The maximum atomic E-state index is 12.2. The van der Waals surface area contributed by atoms with Crippen LogP contribution < -0.4 is 11.1 Å². The third-order valence-corrected chi connectivity index (χ3v) is 4.18. The summed E-state index contributed by atoms with van der Waals surface area (Å²) in [6.45, 7) is 8.37. The summed E-state index contributed by atoms with van der Waals surface area (Å²) in [5, 5.41) is 3.28. The van der Waals surface area contributed by atoms with Crippen molar-refractivity contribution in [1.82, 2.24) is 4.90 Å². The highest BCUT2D eigenvalue weighted by Crippen LogP contribution is 2.28. The van der Waals surface area contributed by atoms with Gasteiger partial charge in [0, 0.05) is 18.8 Å². The van der Waals surface area contributed by atoms with Gasteiger partial charge >= 0.3 is 6.09 Å². The predicted molar refractivity (Wildman–Crippen MR) is 93.8 cm³/mol. The summed E-state index contributed by atoms with van der Waals surface area (Å²) in [6, 6.07) is 7.82. The molecule has 3 N–H and O–H groups in total. The van der Waals surface area contributed by atoms with Crippen LogP contribution in [0.25, 0.3) is 0 Å². The number of hydrogen-bond acceptors (Lipinski definition) is 4. The third kappa shape index (κ3) is 4.40. The normalized spacial score (nSPS) is 17.2. The summed E-state index contributed by atoms with van der Waals surface area (Å²) >= 11 is 0. The van der Waals surface area contributed by atoms with Crippen LogP contribution in [0.2, 0.25) is 0 Å². The largest absolute Gasteiger partial charge is 0.444 e. The number of hydrogen-bond donors (Lipinski definition) is 2. The summed E-state index contributed by atoms with van der Waals surface area (Å²) in [5.74, 6) is -0.396. The van der Waals surface area contributed by atoms with Gasteiger partial charge in [0.1, 0.15) is 11.1 Å². The summed E-state index contributed by atoms with van der Waals surface area (Å²) < 4.78 is 5.39. The van der Waals surface area contributed by atoms with Crippen molar-refractivity contribution < 1.29 is 14.3 Å². The van der Waals surface area contributed by atoms with Crippen LogP contribution in [0.1, 0.15) is 39.2 Å². The Balaban J connectivity index is 2.05. The van der Waals surface area contributed by atoms with Crippen LogP contribution in [0.4, 0.5) is 10.5 Å². The number of anilines is 1. The first-order chi connectivity index (χ1) is 11.1. The molecule has 0 aromatic heterocycles. The molecular weight excluding hydrogens is 306 g/mol. The van der Waals surface area contributed by atoms with Gasteiger partial charge in [0.15, 0.2) is 0 Å². The lowest BCUT2D eigenvalue weighted by Crippen LogP contribution is -2.58. The van der Waals surface area contributed by atoms with Gasteiger partial charge in [-0.2, -0.15) is 0 Å². The second-order valence-electron chi connectivity index (χ2n) is 7.40. The van der Waals surface area contributed by atoms with E-state index in [0.29, 0.717) is 25.9 Å². The zero-order valence-corrected chi connectivity index (χ0v) is 14.9. The van der Waals surface area contributed by atoms with Crippen LogP contribution >= 0.6 is 0 Å². The Bertz CT molecular complexity index is 597. The van der Waals surface area contributed by atoms with Crippen molar-refractivity contribution in [2.24, 2.45) is 5.73 Å². The van der Waals surface area contributed by atoms with Crippen LogP contribution in [0.3, 0.4) is 0 Å². The molecule has 1 aromatic carbocycles. The van der Waals surface area contributed by atoms with Crippen molar-refractivity contribution in [2.75, 3.05) is 18.4 Å². The molecule has 0 unspecified atom stereocenters. The number of likely N-dealkylation sites (tertiary alicyclic amines) is 1. The monoisotopic (exact) mass is 333 g/mol. The summed E-state index contributed by atoms with van der Waals surface area (Å²) in [5.41, 5.74) is 6.29. The topological polar surface area (TPSA) is 84.7 Å². The van der Waals surface area contributed by atoms with Gasteiger partial charge < -0.3 is 20.7 Å². The maximum Gasteiger partial charge on any atom is 0.410 e. The van der Waals surface area contributed by atoms with E-state index in [1.807, 2.05) is 52.0 Å². The van der Waals surface area contributed by atoms with E-state index in [4.69, 9.17) is 10.5 Å². The first-order valence-electron chi connectivity index (χ1n) is 8.24. The lowest BCUT2D eigenvalue weighted by molar-refractivity contribution is -0.123. The van der Waals surface area contributed by atoms with Crippen LogP contribution in [-0.2, 0) is 9.53 Å². The fraction of sp³-hybridized carbons (Fsp3) is 0.556. The number of nitrogens with two attached hydrogens (primary N) is 1. The second-order valence-corrected chi connectivity index (χ2v) is 7.40. The molecule has 0 radical (unpaired) electrons. The van der Waals surface area contributed by atoms with Gasteiger partial charge in [-0.3, -0.25) is 4.79 Å². The van der Waals surface area contributed by atoms with Gasteiger partial charge in [0.05, 0.1) is 0 Å². The van der Waals surface area contributed by atoms with Crippen LogP contribution in [-0.4, -0.2) is 41.1 Å². The molecule has 2 rings (SSSR count). The van der Waals surface area contributed by atoms with Gasteiger partial charge in [-0.25, -0.2) is 4.79 Å². The minimum absolute atomic E-state index is 0.351. The fourth-order valence-corrected chi connectivity index (χ4v) is 2.74. The van der Waals surface area contributed by atoms with E-state index < -0.39 is 17.0 Å². The Labute approximate surface area is 143 Å². The van der Waals surface area contributed by atoms with Crippen molar-refractivity contribution in [3.05, 3.63) is 29.8 Å². The number of benzene rings is 1. The van der Waals surface area contributed by atoms with Gasteiger partial charge in [-0.1, -0.05) is 17.7 Å². The Hall–Kier alpha value is -2.24. The quantitative estimate of drug-likeness (QED) is 0.890. The van der Waals surface area contributed by atoms with Crippen molar-refractivity contribution in [1.29, 1.82) is 0 Å². The second kappa shape index (κ2) is 6.71. The van der Waals surface area contributed by atoms with Crippen molar-refractivity contribution in [2.45, 2.75) is 51.7 Å². The minimum atomic E-state index is -0.840. The molecule has 1 saturated heterocycles. The molecule has 24 heavy (non-hydrogen) atoms. The smallest absolute Gasteiger partial charge is 0.410 e. The molecule has 1 fully saturated rings. The van der Waals surface area contributed by atoms with Gasteiger partial charge in [-0.05, 0) is 52.7 Å². The molecule has 0 spiro atoms. The SMILES string of the molecule is Cc1ccc(NC2(C(N)=O)CCN(C(=O)OC(C)(C)C)CC2)cc1. The zero-order valence-electron chi connectivity index (χ0n) is 14.9. The summed E-state index contributed by atoms with van der Waals surface area (Å²) in [4.78, 5) is 25.9. The van der Waals surface area contributed by atoms with E-state index in [-0.39, 0.29) is 6.09 Å². The first-order valence-corrected chi connectivity index (χ1v) is 8.24. The summed E-state index contributed by atoms with van der Waals surface area (Å²) in [6.07, 6.45) is 0.557. The Morgan fingerprint density at radius 1 is 1.17 bits per heavy atom. The third-order valence-electron chi connectivity index (χ3n) is 4.18. The molecule has 1 heterocycles. The molecule has 6 nitrogen and oxygen atoms in total. The Morgan fingerprint density at radius 3 is 2.17 bits per heavy atom. The van der Waals surface area contributed by atoms with Crippen molar-refractivity contribution in [3.8, 4) is 0 Å². The predicted octanol–water partition coefficient (Wildman–Crippen LogP) is 2.66. The maximum absolute atomic E-state index is 12.2. The average Bonchev–Trinajstić information content (AvgIpc) is 2.48. The first kappa shape index (κ1) is 18.1. The van der Waals surface area contributed by atoms with E-state index in [0.717, 1.165) is 11.3 Å². The number of nitrogens with one attached hydrogen (secondary N) is 1. The molecular formula is C18H27N3O3. The summed E-state index contributed by atoms with van der Waals surface area (Å²) in [7, 11) is 0. The number of amides is 2. The number of aryl methyl sites for hydroxylation is 1. The number of primary amides is 1. The average molecular weight is 333 g/mol. The highest BCUT2D eigenvalue weighted by atomic mass is 16.6. The van der Waals surface area contributed by atoms with Gasteiger partial charge in [-0.15, -0.1) is 0 Å². The minimum Gasteiger partial charge on any atom is -0.444 e. The fourth-order valence-electron chi connectivity index (χ4n) is 2.74. The van der Waals surface area contributed by atoms with E-state index in [1.165, 1.54) is 0 Å². The molecule has 132 valence electrons. The van der Waals surface area contributed by atoms with Crippen molar-refractivity contribution in [3.63, 3.8) is 0 Å². The zero-order chi connectivity index (χ0) is 18.0. The Kier molecular flexibility index (Phi) is 5.06. The number of piperidine rings is 1. The highest BCUT2D eigenvalue weighted by molar-refractivity contribution is 5.88. The lowest BCUT2D eigenvalue weighted by atomic mass is 9.86. The number of ether oxygens (including phenoxy) is 1. The molecule has 0 atom stereocenters. The van der Waals surface area contributed by atoms with E-state index in [2.05, 4.69) is 5.32 Å². The molecule has 1 aliphatic rings. The van der Waals surface area contributed by atoms with Crippen LogP contribution in [0.5, 0.6) is 0 Å². The lowest BCUT2D eigenvalue weighted by Gasteiger charge is -2.41. The molecule has 0 bridgehead atoms. The highest BCUT2D eigenvalue weighted by Gasteiger charge is 2.41. The molecule has 6 heteroatoms. The van der Waals surface area contributed by atoms with E-state index in [9.17, 15) is 9.59 Å². The van der Waals surface area contributed by atoms with Gasteiger partial charge in [0.2, 0.25) is 5.91 Å². The standard InChI is InChI=1S/C18H27N3O3/c1-13-5-7-14(8-6-13)20-18(15(19)22)9-11-21(12-10-18)16(23)24-17(2,3)4/h5-8,20H,9-12H2,1-4H3,(H2,19,22). The number of rotatable bonds is 3. The van der Waals surface area contributed by atoms with E-state index >= 15 is 0 Å². The van der Waals surface area contributed by atoms with E-state index in [1.54, 1.807) is 4.90 Å². The Morgan fingerprint density at radius 2 is 1.71 bits per heavy atom. The molecule has 0 aliphatic carbocycles. The molecule has 0 saturated carbocycles.